The van der Waals surface area contributed by atoms with Crippen molar-refractivity contribution < 1.29 is 4.79 Å². The third kappa shape index (κ3) is 4.51. The molecule has 0 radical (unpaired) electrons. The summed E-state index contributed by atoms with van der Waals surface area (Å²) in [5.41, 5.74) is 3.15. The highest BCUT2D eigenvalue weighted by Gasteiger charge is 2.08. The first-order valence-corrected chi connectivity index (χ1v) is 7.49. The molecule has 2 aromatic rings. The molecule has 1 heterocycles. The maximum atomic E-state index is 12.0. The zero-order chi connectivity index (χ0) is 16.7. The zero-order valence-electron chi connectivity index (χ0n) is 13.3. The Morgan fingerprint density at radius 1 is 1.22 bits per heavy atom. The minimum Gasteiger partial charge on any atom is -0.344 e. The van der Waals surface area contributed by atoms with Crippen molar-refractivity contribution in [1.29, 1.82) is 0 Å². The molecule has 0 atom stereocenters. The number of benzene rings is 1. The minimum atomic E-state index is -0.208. The molecule has 0 aliphatic carbocycles. The summed E-state index contributed by atoms with van der Waals surface area (Å²) in [7, 11) is 0. The highest BCUT2D eigenvalue weighted by atomic mass is 16.1. The van der Waals surface area contributed by atoms with E-state index < -0.39 is 0 Å². The quantitative estimate of drug-likeness (QED) is 0.798. The van der Waals surface area contributed by atoms with Gasteiger partial charge in [-0.3, -0.25) is 4.79 Å². The van der Waals surface area contributed by atoms with Crippen LogP contribution in [0.2, 0.25) is 0 Å². The van der Waals surface area contributed by atoms with Gasteiger partial charge in [-0.05, 0) is 31.0 Å². The van der Waals surface area contributed by atoms with Gasteiger partial charge >= 0.3 is 0 Å². The number of terminal acetylenes is 1. The highest BCUT2D eigenvalue weighted by molar-refractivity contribution is 5.93. The SMILES string of the molecule is C#Cc1cccc(NC(=O)CNc2nnc(CC)c(CC)n2)c1. The van der Waals surface area contributed by atoms with Crippen LogP contribution in [-0.4, -0.2) is 27.6 Å². The molecule has 0 spiro atoms. The first kappa shape index (κ1) is 16.4. The molecular formula is C17H19N5O. The Morgan fingerprint density at radius 3 is 2.70 bits per heavy atom. The van der Waals surface area contributed by atoms with Crippen molar-refractivity contribution in [2.24, 2.45) is 0 Å². The second-order valence-corrected chi connectivity index (χ2v) is 4.86. The Labute approximate surface area is 135 Å². The summed E-state index contributed by atoms with van der Waals surface area (Å²) in [4.78, 5) is 16.3. The number of carbonyl (C=O) groups is 1. The van der Waals surface area contributed by atoms with Gasteiger partial charge in [-0.2, -0.15) is 5.10 Å². The molecule has 0 fully saturated rings. The number of carbonyl (C=O) groups excluding carboxylic acids is 1. The van der Waals surface area contributed by atoms with Gasteiger partial charge in [0.2, 0.25) is 11.9 Å². The molecule has 118 valence electrons. The van der Waals surface area contributed by atoms with Crippen LogP contribution < -0.4 is 10.6 Å². The number of hydrogen-bond acceptors (Lipinski definition) is 5. The molecular weight excluding hydrogens is 290 g/mol. The van der Waals surface area contributed by atoms with Gasteiger partial charge in [0.05, 0.1) is 17.9 Å². The van der Waals surface area contributed by atoms with Crippen LogP contribution in [0.4, 0.5) is 11.6 Å². The monoisotopic (exact) mass is 309 g/mol. The Balaban J connectivity index is 1.95. The molecule has 2 N–H and O–H groups in total. The van der Waals surface area contributed by atoms with Crippen LogP contribution in [0.5, 0.6) is 0 Å². The van der Waals surface area contributed by atoms with Gasteiger partial charge in [-0.25, -0.2) is 4.98 Å². The molecule has 6 nitrogen and oxygen atoms in total. The fourth-order valence-electron chi connectivity index (χ4n) is 2.06. The fraction of sp³-hybridized carbons (Fsp3) is 0.294. The van der Waals surface area contributed by atoms with E-state index in [0.717, 1.165) is 24.2 Å². The molecule has 0 unspecified atom stereocenters. The van der Waals surface area contributed by atoms with Crippen LogP contribution in [0.25, 0.3) is 0 Å². The van der Waals surface area contributed by atoms with Gasteiger partial charge in [0.1, 0.15) is 0 Å². The summed E-state index contributed by atoms with van der Waals surface area (Å²) in [6.45, 7) is 4.07. The van der Waals surface area contributed by atoms with Gasteiger partial charge in [0.15, 0.2) is 0 Å². The fourth-order valence-corrected chi connectivity index (χ4v) is 2.06. The Hall–Kier alpha value is -2.94. The molecule has 0 bridgehead atoms. The third-order valence-corrected chi connectivity index (χ3v) is 3.23. The highest BCUT2D eigenvalue weighted by Crippen LogP contribution is 2.10. The van der Waals surface area contributed by atoms with E-state index in [4.69, 9.17) is 6.42 Å². The Kier molecular flexibility index (Phi) is 5.64. The molecule has 23 heavy (non-hydrogen) atoms. The lowest BCUT2D eigenvalue weighted by Crippen LogP contribution is -2.23. The molecule has 1 aromatic heterocycles. The molecule has 0 aliphatic rings. The van der Waals surface area contributed by atoms with E-state index in [0.29, 0.717) is 17.2 Å². The molecule has 1 amide bonds. The summed E-state index contributed by atoms with van der Waals surface area (Å²) in [6.07, 6.45) is 6.90. The molecule has 0 saturated carbocycles. The van der Waals surface area contributed by atoms with Crippen LogP contribution in [-0.2, 0) is 17.6 Å². The van der Waals surface area contributed by atoms with Gasteiger partial charge in [0, 0.05) is 11.3 Å². The van der Waals surface area contributed by atoms with Gasteiger partial charge < -0.3 is 10.6 Å². The number of nitrogens with zero attached hydrogens (tertiary/aromatic N) is 3. The van der Waals surface area contributed by atoms with E-state index in [1.54, 1.807) is 24.3 Å². The van der Waals surface area contributed by atoms with Crippen LogP contribution in [0.3, 0.4) is 0 Å². The lowest BCUT2D eigenvalue weighted by atomic mass is 10.2. The standard InChI is InChI=1S/C17H19N5O/c1-4-12-8-7-9-13(10-12)19-16(23)11-18-17-20-14(5-2)15(6-3)21-22-17/h1,7-10H,5-6,11H2,2-3H3,(H,19,23)(H,18,20,22). The predicted molar refractivity (Wildman–Crippen MR) is 90.1 cm³/mol. The van der Waals surface area contributed by atoms with Crippen molar-refractivity contribution in [3.8, 4) is 12.3 Å². The number of rotatable bonds is 6. The summed E-state index contributed by atoms with van der Waals surface area (Å²) < 4.78 is 0. The van der Waals surface area contributed by atoms with Crippen LogP contribution in [0.15, 0.2) is 24.3 Å². The van der Waals surface area contributed by atoms with Crippen LogP contribution >= 0.6 is 0 Å². The summed E-state index contributed by atoms with van der Waals surface area (Å²) in [6, 6.07) is 7.11. The average molecular weight is 309 g/mol. The van der Waals surface area contributed by atoms with Crippen LogP contribution in [0, 0.1) is 12.3 Å². The average Bonchev–Trinajstić information content (AvgIpc) is 2.59. The summed E-state index contributed by atoms with van der Waals surface area (Å²) >= 11 is 0. The van der Waals surface area contributed by atoms with Crippen molar-refractivity contribution in [2.45, 2.75) is 26.7 Å². The molecule has 6 heteroatoms. The Morgan fingerprint density at radius 2 is 2.00 bits per heavy atom. The maximum Gasteiger partial charge on any atom is 0.243 e. The normalized spacial score (nSPS) is 9.96. The van der Waals surface area contributed by atoms with Gasteiger partial charge in [0.25, 0.3) is 0 Å². The lowest BCUT2D eigenvalue weighted by Gasteiger charge is -2.08. The van der Waals surface area contributed by atoms with E-state index in [2.05, 4.69) is 31.7 Å². The topological polar surface area (TPSA) is 79.8 Å². The van der Waals surface area contributed by atoms with Crippen molar-refractivity contribution in [3.05, 3.63) is 41.2 Å². The smallest absolute Gasteiger partial charge is 0.243 e. The minimum absolute atomic E-state index is 0.0522. The van der Waals surface area contributed by atoms with E-state index in [1.165, 1.54) is 0 Å². The first-order chi connectivity index (χ1) is 11.2. The predicted octanol–water partition coefficient (Wildman–Crippen LogP) is 2.03. The second kappa shape index (κ2) is 7.90. The molecule has 0 saturated heterocycles. The van der Waals surface area contributed by atoms with Crippen molar-refractivity contribution in [1.82, 2.24) is 15.2 Å². The number of hydrogen-bond donors (Lipinski definition) is 2. The summed E-state index contributed by atoms with van der Waals surface area (Å²) in [5.74, 6) is 2.67. The van der Waals surface area contributed by atoms with Crippen molar-refractivity contribution >= 4 is 17.5 Å². The number of aromatic nitrogens is 3. The molecule has 0 aliphatic heterocycles. The van der Waals surface area contributed by atoms with E-state index >= 15 is 0 Å². The van der Waals surface area contributed by atoms with Crippen molar-refractivity contribution in [2.75, 3.05) is 17.2 Å². The molecule has 1 aromatic carbocycles. The largest absolute Gasteiger partial charge is 0.344 e. The van der Waals surface area contributed by atoms with Crippen molar-refractivity contribution in [3.63, 3.8) is 0 Å². The second-order valence-electron chi connectivity index (χ2n) is 4.86. The van der Waals surface area contributed by atoms with E-state index in [1.807, 2.05) is 13.8 Å². The Bertz CT molecular complexity index is 736. The number of anilines is 2. The number of amides is 1. The van der Waals surface area contributed by atoms with E-state index in [-0.39, 0.29) is 12.5 Å². The lowest BCUT2D eigenvalue weighted by molar-refractivity contribution is -0.114. The van der Waals surface area contributed by atoms with Crippen LogP contribution in [0.1, 0.15) is 30.8 Å². The number of nitrogens with one attached hydrogen (secondary N) is 2. The first-order valence-electron chi connectivity index (χ1n) is 7.49. The molecule has 2 rings (SSSR count). The number of aryl methyl sites for hydroxylation is 2. The van der Waals surface area contributed by atoms with Gasteiger partial charge in [-0.15, -0.1) is 11.5 Å². The third-order valence-electron chi connectivity index (χ3n) is 3.23. The van der Waals surface area contributed by atoms with E-state index in [9.17, 15) is 4.79 Å². The maximum absolute atomic E-state index is 12.0. The summed E-state index contributed by atoms with van der Waals surface area (Å²) in [5, 5.41) is 13.8. The van der Waals surface area contributed by atoms with Gasteiger partial charge in [-0.1, -0.05) is 25.8 Å². The zero-order valence-corrected chi connectivity index (χ0v) is 13.3.